The van der Waals surface area contributed by atoms with E-state index in [1.54, 1.807) is 34.9 Å². The quantitative estimate of drug-likeness (QED) is 0.449. The van der Waals surface area contributed by atoms with Gasteiger partial charge in [0.25, 0.3) is 5.82 Å². The number of thiophene rings is 1. The van der Waals surface area contributed by atoms with Gasteiger partial charge in [-0.25, -0.2) is 10.1 Å². The SMILES string of the molecule is CN(C)C=Nc1c(C#N)c[nH][n+]1-c1ncnc2sc3c(c12)CCC3. The molecular formula is C16H16N7S+. The average Bonchev–Trinajstić information content (AvgIpc) is 3.25. The zero-order valence-corrected chi connectivity index (χ0v) is 14.3. The molecule has 0 unspecified atom stereocenters. The Morgan fingerprint density at radius 3 is 3.08 bits per heavy atom. The molecule has 3 aromatic heterocycles. The molecule has 0 bridgehead atoms. The minimum atomic E-state index is 0.478. The van der Waals surface area contributed by atoms with E-state index in [1.807, 2.05) is 19.0 Å². The third-order valence-electron chi connectivity index (χ3n) is 4.02. The first-order valence-electron chi connectivity index (χ1n) is 7.69. The minimum absolute atomic E-state index is 0.478. The van der Waals surface area contributed by atoms with Gasteiger partial charge in [-0.05, 0) is 24.8 Å². The van der Waals surface area contributed by atoms with E-state index in [9.17, 15) is 5.26 Å². The summed E-state index contributed by atoms with van der Waals surface area (Å²) in [7, 11) is 3.78. The van der Waals surface area contributed by atoms with Gasteiger partial charge in [0.2, 0.25) is 0 Å². The van der Waals surface area contributed by atoms with E-state index >= 15 is 0 Å². The highest BCUT2D eigenvalue weighted by Gasteiger charge is 2.28. The lowest BCUT2D eigenvalue weighted by Crippen LogP contribution is -2.34. The summed E-state index contributed by atoms with van der Waals surface area (Å²) in [5.41, 5.74) is 1.82. The fraction of sp³-hybridized carbons (Fsp3) is 0.312. The lowest BCUT2D eigenvalue weighted by Gasteiger charge is -2.01. The van der Waals surface area contributed by atoms with Crippen LogP contribution >= 0.6 is 11.3 Å². The summed E-state index contributed by atoms with van der Waals surface area (Å²) in [5, 5.41) is 13.6. The van der Waals surface area contributed by atoms with Gasteiger partial charge in [0.05, 0.1) is 11.6 Å². The number of aromatic nitrogens is 4. The highest BCUT2D eigenvalue weighted by atomic mass is 32.1. The van der Waals surface area contributed by atoms with E-state index in [1.165, 1.54) is 16.9 Å². The van der Waals surface area contributed by atoms with Gasteiger partial charge in [0.1, 0.15) is 16.5 Å². The fourth-order valence-corrected chi connectivity index (χ4v) is 4.22. The maximum atomic E-state index is 9.37. The number of nitrogens with zero attached hydrogens (tertiary/aromatic N) is 6. The lowest BCUT2D eigenvalue weighted by atomic mass is 10.2. The van der Waals surface area contributed by atoms with Crippen molar-refractivity contribution >= 4 is 33.7 Å². The molecule has 4 rings (SSSR count). The van der Waals surface area contributed by atoms with Crippen molar-refractivity contribution < 1.29 is 4.68 Å². The molecule has 0 aliphatic heterocycles. The van der Waals surface area contributed by atoms with Crippen molar-refractivity contribution in [1.82, 2.24) is 20.0 Å². The number of aromatic amines is 1. The van der Waals surface area contributed by atoms with Crippen molar-refractivity contribution in [2.75, 3.05) is 14.1 Å². The van der Waals surface area contributed by atoms with E-state index in [0.717, 1.165) is 28.9 Å². The number of aliphatic imine (C=N–C) groups is 1. The molecule has 3 aromatic rings. The number of rotatable bonds is 3. The Balaban J connectivity index is 1.96. The molecule has 1 N–H and O–H groups in total. The monoisotopic (exact) mass is 338 g/mol. The Morgan fingerprint density at radius 1 is 1.42 bits per heavy atom. The summed E-state index contributed by atoms with van der Waals surface area (Å²) in [4.78, 5) is 17.6. The summed E-state index contributed by atoms with van der Waals surface area (Å²) in [6, 6.07) is 2.18. The predicted molar refractivity (Wildman–Crippen MR) is 91.9 cm³/mol. The third-order valence-corrected chi connectivity index (χ3v) is 5.22. The van der Waals surface area contributed by atoms with Gasteiger partial charge in [0.15, 0.2) is 12.7 Å². The van der Waals surface area contributed by atoms with Crippen molar-refractivity contribution in [3.05, 3.63) is 28.5 Å². The Morgan fingerprint density at radius 2 is 2.29 bits per heavy atom. The number of aryl methyl sites for hydroxylation is 2. The van der Waals surface area contributed by atoms with Crippen LogP contribution in [0.2, 0.25) is 0 Å². The van der Waals surface area contributed by atoms with Crippen LogP contribution in [0.3, 0.4) is 0 Å². The zero-order valence-electron chi connectivity index (χ0n) is 13.4. The normalized spacial score (nSPS) is 13.5. The van der Waals surface area contributed by atoms with Crippen LogP contribution in [-0.4, -0.2) is 40.4 Å². The second-order valence-electron chi connectivity index (χ2n) is 5.90. The molecule has 0 saturated carbocycles. The molecule has 7 nitrogen and oxygen atoms in total. The first-order valence-corrected chi connectivity index (χ1v) is 8.50. The van der Waals surface area contributed by atoms with Crippen LogP contribution in [0.15, 0.2) is 17.5 Å². The van der Waals surface area contributed by atoms with Crippen LogP contribution in [-0.2, 0) is 12.8 Å². The van der Waals surface area contributed by atoms with Gasteiger partial charge in [-0.3, -0.25) is 0 Å². The molecular weight excluding hydrogens is 322 g/mol. The molecule has 8 heteroatoms. The number of hydrogen-bond donors (Lipinski definition) is 1. The molecule has 1 aliphatic rings. The molecule has 0 atom stereocenters. The van der Waals surface area contributed by atoms with Crippen molar-refractivity contribution in [3.8, 4) is 11.9 Å². The van der Waals surface area contributed by atoms with Gasteiger partial charge >= 0.3 is 5.82 Å². The maximum Gasteiger partial charge on any atom is 0.306 e. The number of H-pyrrole nitrogens is 1. The molecule has 3 heterocycles. The standard InChI is InChI=1S/C16H15N7S/c1-22(2)9-20-14-10(6-17)7-21-23(14)15-13-11-4-3-5-12(11)24-16(13)19-8-18-15/h7-9H,3-5H2,1-2H3/p+1. The molecule has 0 amide bonds. The lowest BCUT2D eigenvalue weighted by molar-refractivity contribution is -0.644. The Hall–Kier alpha value is -2.79. The predicted octanol–water partition coefficient (Wildman–Crippen LogP) is 1.88. The van der Waals surface area contributed by atoms with E-state index in [2.05, 4.69) is 26.1 Å². The second kappa shape index (κ2) is 5.69. The Bertz CT molecular complexity index is 990. The van der Waals surface area contributed by atoms with Crippen molar-refractivity contribution in [3.63, 3.8) is 0 Å². The van der Waals surface area contributed by atoms with Gasteiger partial charge < -0.3 is 4.90 Å². The topological polar surface area (TPSA) is 84.8 Å². The van der Waals surface area contributed by atoms with Crippen molar-refractivity contribution in [1.29, 1.82) is 5.26 Å². The molecule has 0 radical (unpaired) electrons. The summed E-state index contributed by atoms with van der Waals surface area (Å²) >= 11 is 1.74. The molecule has 0 fully saturated rings. The van der Waals surface area contributed by atoms with Crippen LogP contribution in [0.4, 0.5) is 5.82 Å². The molecule has 0 spiro atoms. The van der Waals surface area contributed by atoms with E-state index in [4.69, 9.17) is 0 Å². The number of fused-ring (bicyclic) bond motifs is 3. The van der Waals surface area contributed by atoms with Crippen LogP contribution in [0.5, 0.6) is 0 Å². The summed E-state index contributed by atoms with van der Waals surface area (Å²) in [5.74, 6) is 1.30. The summed E-state index contributed by atoms with van der Waals surface area (Å²) in [6.07, 6.45) is 8.25. The van der Waals surface area contributed by atoms with Gasteiger partial charge in [0, 0.05) is 19.0 Å². The van der Waals surface area contributed by atoms with Crippen LogP contribution in [0.25, 0.3) is 16.0 Å². The second-order valence-corrected chi connectivity index (χ2v) is 6.98. The highest BCUT2D eigenvalue weighted by molar-refractivity contribution is 7.18. The number of nitriles is 1. The number of hydrogen-bond acceptors (Lipinski definition) is 5. The van der Waals surface area contributed by atoms with Gasteiger partial charge in [-0.1, -0.05) is 9.98 Å². The van der Waals surface area contributed by atoms with Gasteiger partial charge in [-0.2, -0.15) is 5.26 Å². The van der Waals surface area contributed by atoms with E-state index in [-0.39, 0.29) is 0 Å². The summed E-state index contributed by atoms with van der Waals surface area (Å²) < 4.78 is 1.77. The molecule has 120 valence electrons. The fourth-order valence-electron chi connectivity index (χ4n) is 3.00. The van der Waals surface area contributed by atoms with Crippen molar-refractivity contribution in [2.24, 2.45) is 4.99 Å². The highest BCUT2D eigenvalue weighted by Crippen LogP contribution is 2.37. The molecule has 0 aromatic carbocycles. The maximum absolute atomic E-state index is 9.37. The van der Waals surface area contributed by atoms with Crippen LogP contribution in [0, 0.1) is 11.3 Å². The third kappa shape index (κ3) is 2.25. The molecule has 1 aliphatic carbocycles. The summed E-state index contributed by atoms with van der Waals surface area (Å²) in [6.45, 7) is 0. The van der Waals surface area contributed by atoms with Crippen molar-refractivity contribution in [2.45, 2.75) is 19.3 Å². The molecule has 24 heavy (non-hydrogen) atoms. The first kappa shape index (κ1) is 14.8. The Kier molecular flexibility index (Phi) is 3.50. The zero-order chi connectivity index (χ0) is 16.7. The van der Waals surface area contributed by atoms with E-state index < -0.39 is 0 Å². The minimum Gasteiger partial charge on any atom is -0.355 e. The van der Waals surface area contributed by atoms with E-state index in [0.29, 0.717) is 11.4 Å². The smallest absolute Gasteiger partial charge is 0.306 e. The van der Waals surface area contributed by atoms with Gasteiger partial charge in [-0.15, -0.1) is 16.0 Å². The first-order chi connectivity index (χ1) is 11.7. The Labute approximate surface area is 142 Å². The largest absolute Gasteiger partial charge is 0.355 e. The van der Waals surface area contributed by atoms with Crippen LogP contribution < -0.4 is 4.68 Å². The molecule has 0 saturated heterocycles. The van der Waals surface area contributed by atoms with Crippen LogP contribution in [0.1, 0.15) is 22.4 Å². The number of nitrogens with one attached hydrogen (secondary N) is 1. The average molecular weight is 338 g/mol.